The number of carbonyl (C=O) groups excluding carboxylic acids is 1. The van der Waals surface area contributed by atoms with Crippen molar-refractivity contribution in [2.45, 2.75) is 52.0 Å². The van der Waals surface area contributed by atoms with E-state index in [4.69, 9.17) is 9.26 Å². The van der Waals surface area contributed by atoms with Crippen LogP contribution in [-0.2, 0) is 16.1 Å². The van der Waals surface area contributed by atoms with E-state index in [2.05, 4.69) is 28.9 Å². The summed E-state index contributed by atoms with van der Waals surface area (Å²) in [5, 5.41) is 4.06. The van der Waals surface area contributed by atoms with Gasteiger partial charge in [0.15, 0.2) is 5.82 Å². The molecule has 0 aromatic carbocycles. The average molecular weight is 350 g/mol. The molecule has 2 aliphatic heterocycles. The van der Waals surface area contributed by atoms with Crippen molar-refractivity contribution in [3.8, 4) is 0 Å². The second-order valence-corrected chi connectivity index (χ2v) is 7.82. The SMILES string of the molecule is COCCN1C[C@@]2(CCCN(Cc3nc(C(C)C)no3)C2)CCC1=O. The van der Waals surface area contributed by atoms with Crippen LogP contribution in [0.2, 0.25) is 0 Å². The molecule has 0 bridgehead atoms. The highest BCUT2D eigenvalue weighted by Gasteiger charge is 2.41. The molecular weight excluding hydrogens is 320 g/mol. The number of aromatic nitrogens is 2. The summed E-state index contributed by atoms with van der Waals surface area (Å²) >= 11 is 0. The van der Waals surface area contributed by atoms with Crippen LogP contribution in [0.15, 0.2) is 4.52 Å². The quantitative estimate of drug-likeness (QED) is 0.782. The molecule has 2 saturated heterocycles. The molecule has 140 valence electrons. The molecule has 1 aromatic heterocycles. The molecule has 7 heteroatoms. The van der Waals surface area contributed by atoms with Crippen LogP contribution < -0.4 is 0 Å². The van der Waals surface area contributed by atoms with E-state index in [0.29, 0.717) is 32.0 Å². The van der Waals surface area contributed by atoms with Crippen molar-refractivity contribution in [1.29, 1.82) is 0 Å². The standard InChI is InChI=1S/C18H30N4O3/c1-14(2)17-19-15(25-20-17)11-21-8-4-6-18(12-21)7-5-16(23)22(13-18)9-10-24-3/h14H,4-13H2,1-3H3/t18-/m0/s1. The lowest BCUT2D eigenvalue weighted by atomic mass is 9.73. The second kappa shape index (κ2) is 7.83. The Morgan fingerprint density at radius 3 is 2.88 bits per heavy atom. The van der Waals surface area contributed by atoms with Crippen molar-refractivity contribution in [1.82, 2.24) is 19.9 Å². The highest BCUT2D eigenvalue weighted by Crippen LogP contribution is 2.39. The first-order valence-corrected chi connectivity index (χ1v) is 9.33. The minimum atomic E-state index is 0.195. The first-order valence-electron chi connectivity index (χ1n) is 9.33. The van der Waals surface area contributed by atoms with E-state index < -0.39 is 0 Å². The van der Waals surface area contributed by atoms with Gasteiger partial charge in [0.05, 0.1) is 13.2 Å². The molecular formula is C18H30N4O3. The summed E-state index contributed by atoms with van der Waals surface area (Å²) in [6.07, 6.45) is 3.96. The fourth-order valence-electron chi connectivity index (χ4n) is 4.04. The predicted octanol–water partition coefficient (Wildman–Crippen LogP) is 2.04. The second-order valence-electron chi connectivity index (χ2n) is 7.82. The summed E-state index contributed by atoms with van der Waals surface area (Å²) in [6.45, 7) is 9.01. The van der Waals surface area contributed by atoms with Crippen molar-refractivity contribution in [2.75, 3.05) is 39.9 Å². The molecule has 25 heavy (non-hydrogen) atoms. The minimum Gasteiger partial charge on any atom is -0.383 e. The number of methoxy groups -OCH3 is 1. The summed E-state index contributed by atoms with van der Waals surface area (Å²) in [4.78, 5) is 21.1. The molecule has 1 atom stereocenters. The third-order valence-electron chi connectivity index (χ3n) is 5.41. The number of likely N-dealkylation sites (tertiary alicyclic amines) is 2. The first kappa shape index (κ1) is 18.3. The van der Waals surface area contributed by atoms with Crippen LogP contribution in [-0.4, -0.2) is 65.7 Å². The van der Waals surface area contributed by atoms with E-state index in [1.807, 2.05) is 4.90 Å². The van der Waals surface area contributed by atoms with E-state index in [-0.39, 0.29) is 17.2 Å². The average Bonchev–Trinajstić information content (AvgIpc) is 3.05. The number of rotatable bonds is 6. The number of carbonyl (C=O) groups is 1. The Hall–Kier alpha value is -1.47. The summed E-state index contributed by atoms with van der Waals surface area (Å²) < 4.78 is 10.6. The number of nitrogens with zero attached hydrogens (tertiary/aromatic N) is 4. The maximum Gasteiger partial charge on any atom is 0.240 e. The van der Waals surface area contributed by atoms with Crippen LogP contribution in [0, 0.1) is 5.41 Å². The van der Waals surface area contributed by atoms with Crippen molar-refractivity contribution in [3.63, 3.8) is 0 Å². The van der Waals surface area contributed by atoms with Crippen LogP contribution in [0.4, 0.5) is 0 Å². The molecule has 1 aromatic rings. The zero-order valence-electron chi connectivity index (χ0n) is 15.7. The summed E-state index contributed by atoms with van der Waals surface area (Å²) in [6, 6.07) is 0. The van der Waals surface area contributed by atoms with Gasteiger partial charge in [0.1, 0.15) is 0 Å². The lowest BCUT2D eigenvalue weighted by molar-refractivity contribution is -0.140. The van der Waals surface area contributed by atoms with Crippen molar-refractivity contribution in [2.24, 2.45) is 5.41 Å². The maximum atomic E-state index is 12.2. The molecule has 0 N–H and O–H groups in total. The van der Waals surface area contributed by atoms with Crippen molar-refractivity contribution < 1.29 is 14.1 Å². The van der Waals surface area contributed by atoms with E-state index in [1.54, 1.807) is 7.11 Å². The summed E-state index contributed by atoms with van der Waals surface area (Å²) in [5.41, 5.74) is 0.195. The topological polar surface area (TPSA) is 71.7 Å². The maximum absolute atomic E-state index is 12.2. The van der Waals surface area contributed by atoms with Gasteiger partial charge in [-0.25, -0.2) is 0 Å². The lowest BCUT2D eigenvalue weighted by Gasteiger charge is -2.48. The summed E-state index contributed by atoms with van der Waals surface area (Å²) in [5.74, 6) is 2.02. The monoisotopic (exact) mass is 350 g/mol. The molecule has 1 spiro atoms. The van der Waals surface area contributed by atoms with Gasteiger partial charge < -0.3 is 14.2 Å². The Bertz CT molecular complexity index is 589. The fraction of sp³-hybridized carbons (Fsp3) is 0.833. The minimum absolute atomic E-state index is 0.195. The number of piperidine rings is 2. The van der Waals surface area contributed by atoms with Crippen LogP contribution in [0.1, 0.15) is 57.2 Å². The van der Waals surface area contributed by atoms with E-state index in [1.165, 1.54) is 6.42 Å². The molecule has 2 aliphatic rings. The van der Waals surface area contributed by atoms with Gasteiger partial charge in [-0.05, 0) is 25.8 Å². The first-order chi connectivity index (χ1) is 12.0. The zero-order valence-corrected chi connectivity index (χ0v) is 15.7. The van der Waals surface area contributed by atoms with Gasteiger partial charge in [0, 0.05) is 44.5 Å². The Morgan fingerprint density at radius 2 is 2.16 bits per heavy atom. The van der Waals surface area contributed by atoms with Gasteiger partial charge in [-0.3, -0.25) is 9.69 Å². The number of amides is 1. The Labute approximate surface area is 149 Å². The van der Waals surface area contributed by atoms with Gasteiger partial charge in [0.2, 0.25) is 11.8 Å². The normalized spacial score (nSPS) is 25.3. The highest BCUT2D eigenvalue weighted by atomic mass is 16.5. The van der Waals surface area contributed by atoms with Crippen molar-refractivity contribution in [3.05, 3.63) is 11.7 Å². The van der Waals surface area contributed by atoms with Crippen LogP contribution in [0.5, 0.6) is 0 Å². The smallest absolute Gasteiger partial charge is 0.240 e. The third-order valence-corrected chi connectivity index (χ3v) is 5.41. The Balaban J connectivity index is 1.62. The van der Waals surface area contributed by atoms with Gasteiger partial charge in [0.25, 0.3) is 0 Å². The largest absolute Gasteiger partial charge is 0.383 e. The molecule has 3 rings (SSSR count). The number of hydrogen-bond acceptors (Lipinski definition) is 6. The molecule has 1 amide bonds. The van der Waals surface area contributed by atoms with Crippen LogP contribution >= 0.6 is 0 Å². The highest BCUT2D eigenvalue weighted by molar-refractivity contribution is 5.77. The molecule has 7 nitrogen and oxygen atoms in total. The zero-order chi connectivity index (χ0) is 17.9. The molecule has 0 saturated carbocycles. The predicted molar refractivity (Wildman–Crippen MR) is 93.0 cm³/mol. The Kier molecular flexibility index (Phi) is 5.74. The number of hydrogen-bond donors (Lipinski definition) is 0. The van der Waals surface area contributed by atoms with Gasteiger partial charge >= 0.3 is 0 Å². The molecule has 0 aliphatic carbocycles. The Morgan fingerprint density at radius 1 is 1.32 bits per heavy atom. The third kappa shape index (κ3) is 4.39. The van der Waals surface area contributed by atoms with Gasteiger partial charge in [-0.15, -0.1) is 0 Å². The van der Waals surface area contributed by atoms with Gasteiger partial charge in [-0.2, -0.15) is 4.98 Å². The molecule has 0 unspecified atom stereocenters. The molecule has 3 heterocycles. The van der Waals surface area contributed by atoms with E-state index in [9.17, 15) is 4.79 Å². The van der Waals surface area contributed by atoms with E-state index >= 15 is 0 Å². The lowest BCUT2D eigenvalue weighted by Crippen LogP contribution is -2.54. The van der Waals surface area contributed by atoms with E-state index in [0.717, 1.165) is 38.3 Å². The fourth-order valence-corrected chi connectivity index (χ4v) is 4.04. The molecule has 0 radical (unpaired) electrons. The van der Waals surface area contributed by atoms with Crippen molar-refractivity contribution >= 4 is 5.91 Å². The van der Waals surface area contributed by atoms with Crippen LogP contribution in [0.3, 0.4) is 0 Å². The van der Waals surface area contributed by atoms with Crippen LogP contribution in [0.25, 0.3) is 0 Å². The summed E-state index contributed by atoms with van der Waals surface area (Å²) in [7, 11) is 1.68. The van der Waals surface area contributed by atoms with Gasteiger partial charge in [-0.1, -0.05) is 19.0 Å². The molecule has 2 fully saturated rings. The number of ether oxygens (including phenoxy) is 1.